The van der Waals surface area contributed by atoms with Crippen LogP contribution in [0.25, 0.3) is 0 Å². The van der Waals surface area contributed by atoms with Gasteiger partial charge in [-0.1, -0.05) is 30.3 Å². The summed E-state index contributed by atoms with van der Waals surface area (Å²) < 4.78 is 5.74. The van der Waals surface area contributed by atoms with E-state index in [0.29, 0.717) is 12.5 Å². The Hall–Kier alpha value is -0.900. The minimum Gasteiger partial charge on any atom is -0.396 e. The van der Waals surface area contributed by atoms with Gasteiger partial charge in [-0.3, -0.25) is 4.90 Å². The molecule has 0 amide bonds. The van der Waals surface area contributed by atoms with E-state index >= 15 is 0 Å². The molecular weight excluding hydrogens is 238 g/mol. The van der Waals surface area contributed by atoms with E-state index in [4.69, 9.17) is 9.84 Å². The van der Waals surface area contributed by atoms with Gasteiger partial charge in [-0.2, -0.15) is 0 Å². The summed E-state index contributed by atoms with van der Waals surface area (Å²) in [5, 5.41) is 9.03. The molecule has 2 fully saturated rings. The van der Waals surface area contributed by atoms with Crippen LogP contribution in [-0.4, -0.2) is 41.9 Å². The minimum absolute atomic E-state index is 0.169. The molecule has 2 atom stereocenters. The van der Waals surface area contributed by atoms with Gasteiger partial charge in [-0.15, -0.1) is 0 Å². The van der Waals surface area contributed by atoms with E-state index in [2.05, 4.69) is 35.2 Å². The molecule has 19 heavy (non-hydrogen) atoms. The third kappa shape index (κ3) is 2.99. The topological polar surface area (TPSA) is 36.0 Å². The molecule has 2 heterocycles. The predicted octanol–water partition coefficient (Wildman–Crippen LogP) is 2.05. The Morgan fingerprint density at radius 1 is 1.32 bits per heavy atom. The maximum absolute atomic E-state index is 9.03. The number of hydrogen-bond donors (Lipinski definition) is 1. The molecule has 1 N–H and O–H groups in total. The highest BCUT2D eigenvalue weighted by Crippen LogP contribution is 2.44. The first-order valence-electron chi connectivity index (χ1n) is 7.33. The van der Waals surface area contributed by atoms with Crippen molar-refractivity contribution in [2.75, 3.05) is 26.3 Å². The summed E-state index contributed by atoms with van der Waals surface area (Å²) in [5.41, 5.74) is 1.55. The second kappa shape index (κ2) is 5.61. The molecule has 0 radical (unpaired) electrons. The van der Waals surface area contributed by atoms with Crippen LogP contribution in [0.3, 0.4) is 0 Å². The zero-order chi connectivity index (χ0) is 13.1. The van der Waals surface area contributed by atoms with Gasteiger partial charge in [0.1, 0.15) is 0 Å². The predicted molar refractivity (Wildman–Crippen MR) is 74.8 cm³/mol. The molecule has 1 aromatic carbocycles. The van der Waals surface area contributed by atoms with E-state index in [-0.39, 0.29) is 5.60 Å². The quantitative estimate of drug-likeness (QED) is 0.824. The highest BCUT2D eigenvalue weighted by molar-refractivity contribution is 5.15. The van der Waals surface area contributed by atoms with Crippen molar-refractivity contribution >= 4 is 0 Å². The monoisotopic (exact) mass is 261 g/mol. The Balaban J connectivity index is 1.59. The summed E-state index contributed by atoms with van der Waals surface area (Å²) in [4.78, 5) is 2.53. The molecule has 0 saturated carbocycles. The van der Waals surface area contributed by atoms with Gasteiger partial charge < -0.3 is 9.84 Å². The first kappa shape index (κ1) is 13.1. The van der Waals surface area contributed by atoms with E-state index in [1.54, 1.807) is 0 Å². The molecule has 0 aliphatic carbocycles. The molecule has 0 aromatic heterocycles. The van der Waals surface area contributed by atoms with Gasteiger partial charge in [0.15, 0.2) is 0 Å². The lowest BCUT2D eigenvalue weighted by Gasteiger charge is -2.37. The summed E-state index contributed by atoms with van der Waals surface area (Å²) in [6, 6.07) is 10.7. The summed E-state index contributed by atoms with van der Waals surface area (Å²) >= 11 is 0. The third-order valence-corrected chi connectivity index (χ3v) is 4.55. The lowest BCUT2D eigenvalue weighted by atomic mass is 9.82. The van der Waals surface area contributed by atoms with Crippen LogP contribution in [0.5, 0.6) is 0 Å². The highest BCUT2D eigenvalue weighted by atomic mass is 16.6. The largest absolute Gasteiger partial charge is 0.396 e. The van der Waals surface area contributed by atoms with Crippen molar-refractivity contribution < 1.29 is 9.84 Å². The number of likely N-dealkylation sites (tertiary alicyclic amines) is 1. The molecule has 104 valence electrons. The van der Waals surface area contributed by atoms with Crippen molar-refractivity contribution in [3.63, 3.8) is 0 Å². The number of rotatable bonds is 5. The number of aliphatic hydroxyl groups is 1. The molecule has 3 nitrogen and oxygen atoms in total. The van der Waals surface area contributed by atoms with Crippen molar-refractivity contribution in [2.45, 2.75) is 31.4 Å². The second-order valence-electron chi connectivity index (χ2n) is 5.89. The molecular formula is C16H23NO2. The molecule has 2 saturated heterocycles. The Morgan fingerprint density at radius 2 is 2.11 bits per heavy atom. The Bertz CT molecular complexity index is 402. The smallest absolute Gasteiger partial charge is 0.0968 e. The fourth-order valence-electron chi connectivity index (χ4n) is 3.27. The molecule has 3 rings (SSSR count). The standard InChI is InChI=1S/C16H23NO2/c18-10-4-7-15-12-17(9-8-16(15)13-19-16)11-14-5-2-1-3-6-14/h1-3,5-6,15,18H,4,7-13H2. The van der Waals surface area contributed by atoms with Crippen LogP contribution in [-0.2, 0) is 11.3 Å². The van der Waals surface area contributed by atoms with Crippen molar-refractivity contribution in [1.82, 2.24) is 4.90 Å². The molecule has 0 bridgehead atoms. The lowest BCUT2D eigenvalue weighted by molar-refractivity contribution is 0.0704. The maximum Gasteiger partial charge on any atom is 0.0968 e. The number of ether oxygens (including phenoxy) is 1. The van der Waals surface area contributed by atoms with Gasteiger partial charge in [-0.25, -0.2) is 0 Å². The minimum atomic E-state index is 0.169. The molecule has 2 aliphatic heterocycles. The van der Waals surface area contributed by atoms with Gasteiger partial charge in [0, 0.05) is 32.2 Å². The van der Waals surface area contributed by atoms with Gasteiger partial charge in [-0.05, 0) is 24.8 Å². The molecule has 3 heteroatoms. The van der Waals surface area contributed by atoms with Crippen LogP contribution < -0.4 is 0 Å². The van der Waals surface area contributed by atoms with Crippen LogP contribution >= 0.6 is 0 Å². The number of nitrogens with zero attached hydrogens (tertiary/aromatic N) is 1. The van der Waals surface area contributed by atoms with Gasteiger partial charge in [0.25, 0.3) is 0 Å². The normalized spacial score (nSPS) is 30.7. The van der Waals surface area contributed by atoms with E-state index in [9.17, 15) is 0 Å². The van der Waals surface area contributed by atoms with E-state index < -0.39 is 0 Å². The Morgan fingerprint density at radius 3 is 2.79 bits per heavy atom. The van der Waals surface area contributed by atoms with Gasteiger partial charge in [0.05, 0.1) is 12.2 Å². The van der Waals surface area contributed by atoms with Crippen LogP contribution in [0, 0.1) is 5.92 Å². The van der Waals surface area contributed by atoms with Crippen molar-refractivity contribution in [3.05, 3.63) is 35.9 Å². The average molecular weight is 261 g/mol. The first-order valence-corrected chi connectivity index (χ1v) is 7.33. The zero-order valence-corrected chi connectivity index (χ0v) is 11.4. The van der Waals surface area contributed by atoms with Gasteiger partial charge in [0.2, 0.25) is 0 Å². The first-order chi connectivity index (χ1) is 9.32. The number of hydrogen-bond acceptors (Lipinski definition) is 3. The summed E-state index contributed by atoms with van der Waals surface area (Å²) in [6.45, 7) is 4.50. The number of epoxide rings is 1. The number of aliphatic hydroxyl groups excluding tert-OH is 1. The van der Waals surface area contributed by atoms with E-state index in [0.717, 1.165) is 45.5 Å². The maximum atomic E-state index is 9.03. The Labute approximate surface area is 115 Å². The van der Waals surface area contributed by atoms with Gasteiger partial charge >= 0.3 is 0 Å². The fraction of sp³-hybridized carbons (Fsp3) is 0.625. The van der Waals surface area contributed by atoms with Crippen molar-refractivity contribution in [1.29, 1.82) is 0 Å². The van der Waals surface area contributed by atoms with Crippen LogP contribution in [0.1, 0.15) is 24.8 Å². The summed E-state index contributed by atoms with van der Waals surface area (Å²) in [6.07, 6.45) is 3.13. The second-order valence-corrected chi connectivity index (χ2v) is 5.89. The highest BCUT2D eigenvalue weighted by Gasteiger charge is 2.53. The summed E-state index contributed by atoms with van der Waals surface area (Å²) in [7, 11) is 0. The lowest BCUT2D eigenvalue weighted by Crippen LogP contribution is -2.45. The Kier molecular flexibility index (Phi) is 3.87. The van der Waals surface area contributed by atoms with E-state index in [1.165, 1.54) is 5.56 Å². The van der Waals surface area contributed by atoms with Crippen LogP contribution in [0.4, 0.5) is 0 Å². The fourth-order valence-corrected chi connectivity index (χ4v) is 3.27. The zero-order valence-electron chi connectivity index (χ0n) is 11.4. The third-order valence-electron chi connectivity index (χ3n) is 4.55. The molecule has 1 spiro atoms. The van der Waals surface area contributed by atoms with Crippen molar-refractivity contribution in [3.8, 4) is 0 Å². The molecule has 1 aromatic rings. The number of piperidine rings is 1. The van der Waals surface area contributed by atoms with Crippen LogP contribution in [0.15, 0.2) is 30.3 Å². The van der Waals surface area contributed by atoms with Crippen LogP contribution in [0.2, 0.25) is 0 Å². The van der Waals surface area contributed by atoms with E-state index in [1.807, 2.05) is 0 Å². The number of benzene rings is 1. The average Bonchev–Trinajstić information content (AvgIpc) is 3.22. The summed E-state index contributed by atoms with van der Waals surface area (Å²) in [5.74, 6) is 0.595. The molecule has 2 aliphatic rings. The SMILES string of the molecule is OCCCC1CN(Cc2ccccc2)CCC12CO2. The molecule has 2 unspecified atom stereocenters. The van der Waals surface area contributed by atoms with Crippen molar-refractivity contribution in [2.24, 2.45) is 5.92 Å².